The lowest BCUT2D eigenvalue weighted by Crippen LogP contribution is -1.99. The highest BCUT2D eigenvalue weighted by atomic mass is 17.1. The minimum absolute atomic E-state index is 0.403. The van der Waals surface area contributed by atoms with Crippen LogP contribution in [0.1, 0.15) is 0 Å². The summed E-state index contributed by atoms with van der Waals surface area (Å²) in [5, 5.41) is 9.81. The standard InChI is InChI=1S/C7H7O2/c8-9-7-5-3-1-2-4-6-7/h1-7H. The van der Waals surface area contributed by atoms with Crippen LogP contribution >= 0.6 is 0 Å². The Balaban J connectivity index is 2.58. The molecule has 0 aromatic carbocycles. The Kier molecular flexibility index (Phi) is 2.24. The van der Waals surface area contributed by atoms with Crippen LogP contribution in [0.3, 0.4) is 0 Å². The molecule has 2 heteroatoms. The molecule has 0 bridgehead atoms. The number of hydrogen-bond acceptors (Lipinski definition) is 1. The molecule has 1 rings (SSSR count). The van der Waals surface area contributed by atoms with Crippen molar-refractivity contribution >= 4 is 0 Å². The molecular weight excluding hydrogens is 116 g/mol. The van der Waals surface area contributed by atoms with Crippen molar-refractivity contribution in [3.63, 3.8) is 0 Å². The van der Waals surface area contributed by atoms with Crippen molar-refractivity contribution in [2.75, 3.05) is 0 Å². The van der Waals surface area contributed by atoms with Gasteiger partial charge in [0.15, 0.2) is 0 Å². The van der Waals surface area contributed by atoms with Crippen LogP contribution in [0.4, 0.5) is 0 Å². The van der Waals surface area contributed by atoms with Gasteiger partial charge in [-0.2, -0.15) is 4.89 Å². The third-order valence-corrected chi connectivity index (χ3v) is 1.05. The van der Waals surface area contributed by atoms with Crippen LogP contribution in [0.2, 0.25) is 0 Å². The Morgan fingerprint density at radius 2 is 1.56 bits per heavy atom. The van der Waals surface area contributed by atoms with E-state index < -0.39 is 6.10 Å². The second-order valence-corrected chi connectivity index (χ2v) is 1.72. The van der Waals surface area contributed by atoms with E-state index in [9.17, 15) is 5.26 Å². The minimum atomic E-state index is -0.403. The lowest BCUT2D eigenvalue weighted by Gasteiger charge is -1.95. The van der Waals surface area contributed by atoms with Crippen LogP contribution in [-0.4, -0.2) is 6.10 Å². The zero-order chi connectivity index (χ0) is 6.53. The first-order chi connectivity index (χ1) is 4.43. The minimum Gasteiger partial charge on any atom is -0.192 e. The van der Waals surface area contributed by atoms with E-state index in [4.69, 9.17) is 0 Å². The van der Waals surface area contributed by atoms with E-state index in [0.29, 0.717) is 0 Å². The fraction of sp³-hybridized carbons (Fsp3) is 0.143. The smallest absolute Gasteiger partial charge is 0.133 e. The van der Waals surface area contributed by atoms with Gasteiger partial charge in [-0.25, -0.2) is 0 Å². The van der Waals surface area contributed by atoms with Gasteiger partial charge in [-0.15, -0.1) is 0 Å². The van der Waals surface area contributed by atoms with Gasteiger partial charge < -0.3 is 0 Å². The van der Waals surface area contributed by atoms with E-state index in [1.165, 1.54) is 0 Å². The van der Waals surface area contributed by atoms with Crippen LogP contribution in [0, 0.1) is 0 Å². The molecule has 0 saturated heterocycles. The summed E-state index contributed by atoms with van der Waals surface area (Å²) in [6, 6.07) is 0. The predicted molar refractivity (Wildman–Crippen MR) is 33.0 cm³/mol. The number of hydrogen-bond donors (Lipinski definition) is 0. The zero-order valence-electron chi connectivity index (χ0n) is 4.86. The summed E-state index contributed by atoms with van der Waals surface area (Å²) in [4.78, 5) is 3.81. The molecular formula is C7H7O2. The molecule has 2 nitrogen and oxygen atoms in total. The lowest BCUT2D eigenvalue weighted by atomic mass is 10.3. The Bertz CT molecular complexity index is 140. The summed E-state index contributed by atoms with van der Waals surface area (Å²) in [6.45, 7) is 0. The summed E-state index contributed by atoms with van der Waals surface area (Å²) in [5.41, 5.74) is 0. The molecule has 0 aliphatic heterocycles. The normalized spacial score (nSPS) is 18.3. The first kappa shape index (κ1) is 6.26. The molecule has 0 amide bonds. The van der Waals surface area contributed by atoms with E-state index in [0.717, 1.165) is 0 Å². The molecule has 0 saturated carbocycles. The molecule has 0 fully saturated rings. The maximum Gasteiger partial charge on any atom is 0.133 e. The molecule has 1 aliphatic carbocycles. The van der Waals surface area contributed by atoms with Gasteiger partial charge in [-0.05, 0) is 17.4 Å². The maximum absolute atomic E-state index is 9.81. The third kappa shape index (κ3) is 1.83. The van der Waals surface area contributed by atoms with Crippen molar-refractivity contribution in [2.45, 2.75) is 6.10 Å². The van der Waals surface area contributed by atoms with Gasteiger partial charge in [0.25, 0.3) is 0 Å². The molecule has 47 valence electrons. The highest BCUT2D eigenvalue weighted by Crippen LogP contribution is 1.99. The van der Waals surface area contributed by atoms with Crippen LogP contribution in [-0.2, 0) is 10.1 Å². The number of rotatable bonds is 1. The van der Waals surface area contributed by atoms with Gasteiger partial charge in [0.05, 0.1) is 0 Å². The van der Waals surface area contributed by atoms with E-state index in [1.54, 1.807) is 24.3 Å². The van der Waals surface area contributed by atoms with E-state index >= 15 is 0 Å². The summed E-state index contributed by atoms with van der Waals surface area (Å²) < 4.78 is 0. The van der Waals surface area contributed by atoms with E-state index in [-0.39, 0.29) is 0 Å². The monoisotopic (exact) mass is 123 g/mol. The summed E-state index contributed by atoms with van der Waals surface area (Å²) in [6.07, 6.45) is 10.2. The van der Waals surface area contributed by atoms with E-state index in [1.807, 2.05) is 12.2 Å². The van der Waals surface area contributed by atoms with Gasteiger partial charge >= 0.3 is 0 Å². The molecule has 0 aromatic rings. The molecule has 0 aromatic heterocycles. The van der Waals surface area contributed by atoms with Crippen LogP contribution < -0.4 is 0 Å². The Morgan fingerprint density at radius 3 is 2.00 bits per heavy atom. The van der Waals surface area contributed by atoms with E-state index in [2.05, 4.69) is 4.89 Å². The Morgan fingerprint density at radius 1 is 1.00 bits per heavy atom. The molecule has 1 aliphatic rings. The third-order valence-electron chi connectivity index (χ3n) is 1.05. The molecule has 0 heterocycles. The largest absolute Gasteiger partial charge is 0.192 e. The molecule has 9 heavy (non-hydrogen) atoms. The maximum atomic E-state index is 9.81. The highest BCUT2D eigenvalue weighted by molar-refractivity contribution is 5.20. The molecule has 1 radical (unpaired) electrons. The second-order valence-electron chi connectivity index (χ2n) is 1.72. The van der Waals surface area contributed by atoms with Crippen molar-refractivity contribution in [1.82, 2.24) is 0 Å². The summed E-state index contributed by atoms with van der Waals surface area (Å²) >= 11 is 0. The van der Waals surface area contributed by atoms with Crippen molar-refractivity contribution < 1.29 is 10.1 Å². The quantitative estimate of drug-likeness (QED) is 0.382. The van der Waals surface area contributed by atoms with Crippen molar-refractivity contribution in [3.05, 3.63) is 36.5 Å². The van der Waals surface area contributed by atoms with Crippen LogP contribution in [0.5, 0.6) is 0 Å². The second kappa shape index (κ2) is 3.22. The van der Waals surface area contributed by atoms with Gasteiger partial charge in [0.2, 0.25) is 0 Å². The van der Waals surface area contributed by atoms with Crippen molar-refractivity contribution in [3.8, 4) is 0 Å². The first-order valence-corrected chi connectivity index (χ1v) is 2.74. The molecule has 0 N–H and O–H groups in total. The number of allylic oxidation sites excluding steroid dienone is 4. The topological polar surface area (TPSA) is 29.1 Å². The highest BCUT2D eigenvalue weighted by Gasteiger charge is 1.97. The summed E-state index contributed by atoms with van der Waals surface area (Å²) in [7, 11) is 0. The SMILES string of the molecule is [O]OC1C=CC=CC=C1. The average Bonchev–Trinajstić information content (AvgIpc) is 2.13. The predicted octanol–water partition coefficient (Wildman–Crippen LogP) is 1.40. The molecule has 0 spiro atoms. The first-order valence-electron chi connectivity index (χ1n) is 2.74. The van der Waals surface area contributed by atoms with Crippen molar-refractivity contribution in [1.29, 1.82) is 0 Å². The lowest BCUT2D eigenvalue weighted by molar-refractivity contribution is -0.314. The van der Waals surface area contributed by atoms with Gasteiger partial charge in [-0.3, -0.25) is 0 Å². The summed E-state index contributed by atoms with van der Waals surface area (Å²) in [5.74, 6) is 0. The van der Waals surface area contributed by atoms with Gasteiger partial charge in [0, 0.05) is 0 Å². The average molecular weight is 123 g/mol. The van der Waals surface area contributed by atoms with Crippen LogP contribution in [0.25, 0.3) is 0 Å². The molecule has 0 atom stereocenters. The molecule has 0 unspecified atom stereocenters. The van der Waals surface area contributed by atoms with Gasteiger partial charge in [-0.1, -0.05) is 24.3 Å². The van der Waals surface area contributed by atoms with Crippen LogP contribution in [0.15, 0.2) is 36.5 Å². The fourth-order valence-electron chi connectivity index (χ4n) is 0.604. The zero-order valence-corrected chi connectivity index (χ0v) is 4.86. The Hall–Kier alpha value is -0.860. The van der Waals surface area contributed by atoms with Crippen molar-refractivity contribution in [2.24, 2.45) is 0 Å². The van der Waals surface area contributed by atoms with Gasteiger partial charge in [0.1, 0.15) is 6.10 Å². The fourth-order valence-corrected chi connectivity index (χ4v) is 0.604. The Labute approximate surface area is 53.7 Å².